The molecule has 0 bridgehead atoms. The maximum atomic E-state index is 12.4. The van der Waals surface area contributed by atoms with Crippen LogP contribution >= 0.6 is 0 Å². The zero-order chi connectivity index (χ0) is 20.3. The fourth-order valence-corrected chi connectivity index (χ4v) is 3.00. The minimum atomic E-state index is -4.24. The van der Waals surface area contributed by atoms with Crippen molar-refractivity contribution in [1.82, 2.24) is 5.32 Å². The first kappa shape index (κ1) is 19.7. The van der Waals surface area contributed by atoms with Crippen LogP contribution in [0.15, 0.2) is 42.5 Å². The molecule has 0 radical (unpaired) electrons. The fraction of sp³-hybridized carbons (Fsp3) is 0.300. The number of halogens is 3. The summed E-state index contributed by atoms with van der Waals surface area (Å²) in [6, 6.07) is 9.35. The number of aryl methyl sites for hydroxylation is 1. The summed E-state index contributed by atoms with van der Waals surface area (Å²) in [7, 11) is 0. The van der Waals surface area contributed by atoms with Crippen LogP contribution in [0.2, 0.25) is 0 Å². The lowest BCUT2D eigenvalue weighted by atomic mass is 10.0. The summed E-state index contributed by atoms with van der Waals surface area (Å²) >= 11 is 0. The molecule has 0 saturated heterocycles. The molecule has 1 amide bonds. The van der Waals surface area contributed by atoms with Crippen LogP contribution in [0.1, 0.15) is 39.5 Å². The second-order valence-corrected chi connectivity index (χ2v) is 6.52. The zero-order valence-corrected chi connectivity index (χ0v) is 14.8. The standard InChI is InChI=1S/C20H18F3NO4/c21-20(22,23)9-7-12-1-3-13(4-2-12)18(25)24-17(19(26)27)15-5-6-16-14(11-15)8-10-28-16/h1-6,11,17H,7-10H2,(H,24,25)(H,26,27). The Hall–Kier alpha value is -3.03. The molecule has 2 N–H and O–H groups in total. The van der Waals surface area contributed by atoms with Crippen molar-refractivity contribution in [1.29, 1.82) is 0 Å². The molecule has 2 aromatic carbocycles. The van der Waals surface area contributed by atoms with Crippen LogP contribution in [0.5, 0.6) is 5.75 Å². The number of alkyl halides is 3. The molecule has 2 aromatic rings. The van der Waals surface area contributed by atoms with Gasteiger partial charge in [0, 0.05) is 18.4 Å². The first-order valence-electron chi connectivity index (χ1n) is 8.68. The first-order valence-corrected chi connectivity index (χ1v) is 8.68. The Morgan fingerprint density at radius 1 is 1.14 bits per heavy atom. The SMILES string of the molecule is O=C(NC(C(=O)O)c1ccc2c(c1)CCO2)c1ccc(CCC(F)(F)F)cc1. The van der Waals surface area contributed by atoms with Gasteiger partial charge in [-0.15, -0.1) is 0 Å². The Labute approximate surface area is 159 Å². The van der Waals surface area contributed by atoms with E-state index >= 15 is 0 Å². The van der Waals surface area contributed by atoms with Gasteiger partial charge in [-0.25, -0.2) is 4.79 Å². The highest BCUT2D eigenvalue weighted by Crippen LogP contribution is 2.28. The highest BCUT2D eigenvalue weighted by Gasteiger charge is 2.27. The van der Waals surface area contributed by atoms with E-state index in [-0.39, 0.29) is 12.0 Å². The summed E-state index contributed by atoms with van der Waals surface area (Å²) in [5, 5.41) is 12.0. The van der Waals surface area contributed by atoms with Crippen LogP contribution < -0.4 is 10.1 Å². The predicted molar refractivity (Wildman–Crippen MR) is 94.3 cm³/mol. The largest absolute Gasteiger partial charge is 0.493 e. The number of amides is 1. The van der Waals surface area contributed by atoms with Crippen LogP contribution in [0.4, 0.5) is 13.2 Å². The van der Waals surface area contributed by atoms with Crippen molar-refractivity contribution in [3.05, 3.63) is 64.7 Å². The van der Waals surface area contributed by atoms with E-state index in [0.29, 0.717) is 29.9 Å². The number of carboxylic acid groups (broad SMARTS) is 1. The minimum Gasteiger partial charge on any atom is -0.493 e. The average molecular weight is 393 g/mol. The molecule has 5 nitrogen and oxygen atoms in total. The van der Waals surface area contributed by atoms with Crippen molar-refractivity contribution in [2.75, 3.05) is 6.61 Å². The van der Waals surface area contributed by atoms with E-state index in [1.807, 2.05) is 0 Å². The highest BCUT2D eigenvalue weighted by molar-refractivity contribution is 5.96. The molecule has 0 spiro atoms. The van der Waals surface area contributed by atoms with Crippen molar-refractivity contribution in [3.63, 3.8) is 0 Å². The normalized spacial score (nSPS) is 14.1. The van der Waals surface area contributed by atoms with Gasteiger partial charge in [-0.2, -0.15) is 13.2 Å². The molecule has 148 valence electrons. The number of benzene rings is 2. The number of hydrogen-bond acceptors (Lipinski definition) is 3. The van der Waals surface area contributed by atoms with E-state index in [9.17, 15) is 27.9 Å². The number of rotatable bonds is 6. The Morgan fingerprint density at radius 2 is 1.86 bits per heavy atom. The lowest BCUT2D eigenvalue weighted by Gasteiger charge is -2.16. The number of carboxylic acids is 1. The molecule has 1 atom stereocenters. The number of fused-ring (bicyclic) bond motifs is 1. The second-order valence-electron chi connectivity index (χ2n) is 6.52. The van der Waals surface area contributed by atoms with Crippen LogP contribution in [0.25, 0.3) is 0 Å². The number of nitrogens with one attached hydrogen (secondary N) is 1. The topological polar surface area (TPSA) is 75.6 Å². The monoisotopic (exact) mass is 393 g/mol. The molecule has 1 aliphatic rings. The molecule has 0 fully saturated rings. The number of aliphatic carboxylic acids is 1. The molecule has 1 aliphatic heterocycles. The van der Waals surface area contributed by atoms with E-state index in [1.54, 1.807) is 18.2 Å². The van der Waals surface area contributed by atoms with Crippen molar-refractivity contribution in [2.24, 2.45) is 0 Å². The Bertz CT molecular complexity index is 878. The average Bonchev–Trinajstić information content (AvgIpc) is 3.11. The smallest absolute Gasteiger partial charge is 0.389 e. The maximum absolute atomic E-state index is 12.4. The van der Waals surface area contributed by atoms with Crippen molar-refractivity contribution >= 4 is 11.9 Å². The molecular weight excluding hydrogens is 375 g/mol. The van der Waals surface area contributed by atoms with Gasteiger partial charge in [0.15, 0.2) is 6.04 Å². The zero-order valence-electron chi connectivity index (χ0n) is 14.8. The van der Waals surface area contributed by atoms with E-state index < -0.39 is 30.5 Å². The van der Waals surface area contributed by atoms with Gasteiger partial charge in [0.1, 0.15) is 5.75 Å². The molecule has 8 heteroatoms. The first-order chi connectivity index (χ1) is 13.2. The third-order valence-corrected chi connectivity index (χ3v) is 4.48. The number of carbonyl (C=O) groups excluding carboxylic acids is 1. The molecule has 1 unspecified atom stereocenters. The van der Waals surface area contributed by atoms with Crippen molar-refractivity contribution < 1.29 is 32.6 Å². The van der Waals surface area contributed by atoms with E-state index in [2.05, 4.69) is 5.32 Å². The summed E-state index contributed by atoms with van der Waals surface area (Å²) < 4.78 is 42.2. The third kappa shape index (κ3) is 4.82. The van der Waals surface area contributed by atoms with Gasteiger partial charge < -0.3 is 15.2 Å². The molecular formula is C20H18F3NO4. The Kier molecular flexibility index (Phi) is 5.58. The Balaban J connectivity index is 1.70. The quantitative estimate of drug-likeness (QED) is 0.785. The minimum absolute atomic E-state index is 0.173. The van der Waals surface area contributed by atoms with E-state index in [4.69, 9.17) is 4.74 Å². The summed E-state index contributed by atoms with van der Waals surface area (Å²) in [4.78, 5) is 24.1. The van der Waals surface area contributed by atoms with Crippen molar-refractivity contribution in [2.45, 2.75) is 31.5 Å². The highest BCUT2D eigenvalue weighted by atomic mass is 19.4. The van der Waals surface area contributed by atoms with Gasteiger partial charge in [0.05, 0.1) is 6.61 Å². The van der Waals surface area contributed by atoms with Crippen LogP contribution in [0.3, 0.4) is 0 Å². The Morgan fingerprint density at radius 3 is 2.50 bits per heavy atom. The number of ether oxygens (including phenoxy) is 1. The molecule has 3 rings (SSSR count). The third-order valence-electron chi connectivity index (χ3n) is 4.48. The fourth-order valence-electron chi connectivity index (χ4n) is 3.00. The lowest BCUT2D eigenvalue weighted by Crippen LogP contribution is -2.33. The van der Waals surface area contributed by atoms with Gasteiger partial charge in [-0.05, 0) is 47.4 Å². The molecule has 28 heavy (non-hydrogen) atoms. The molecule has 0 saturated carbocycles. The van der Waals surface area contributed by atoms with Crippen LogP contribution in [0, 0.1) is 0 Å². The van der Waals surface area contributed by atoms with Crippen LogP contribution in [-0.2, 0) is 17.6 Å². The van der Waals surface area contributed by atoms with E-state index in [1.165, 1.54) is 24.3 Å². The number of hydrogen-bond donors (Lipinski definition) is 2. The molecule has 1 heterocycles. The molecule has 0 aliphatic carbocycles. The van der Waals surface area contributed by atoms with Gasteiger partial charge in [0.2, 0.25) is 0 Å². The molecule has 0 aromatic heterocycles. The van der Waals surface area contributed by atoms with E-state index in [0.717, 1.165) is 5.56 Å². The summed E-state index contributed by atoms with van der Waals surface area (Å²) in [5.74, 6) is -1.13. The summed E-state index contributed by atoms with van der Waals surface area (Å²) in [6.07, 6.45) is -4.70. The second kappa shape index (κ2) is 7.92. The van der Waals surface area contributed by atoms with Gasteiger partial charge in [-0.3, -0.25) is 4.79 Å². The van der Waals surface area contributed by atoms with Crippen molar-refractivity contribution in [3.8, 4) is 5.75 Å². The van der Waals surface area contributed by atoms with Gasteiger partial charge in [0.25, 0.3) is 5.91 Å². The summed E-state index contributed by atoms with van der Waals surface area (Å²) in [6.45, 7) is 0.531. The van der Waals surface area contributed by atoms with Gasteiger partial charge >= 0.3 is 12.1 Å². The lowest BCUT2D eigenvalue weighted by molar-refractivity contribution is -0.139. The summed E-state index contributed by atoms with van der Waals surface area (Å²) in [5.41, 5.74) is 1.92. The predicted octanol–water partition coefficient (Wildman–Crippen LogP) is 3.67. The maximum Gasteiger partial charge on any atom is 0.389 e. The van der Waals surface area contributed by atoms with Gasteiger partial charge in [-0.1, -0.05) is 18.2 Å². The number of carbonyl (C=O) groups is 2. The van der Waals surface area contributed by atoms with Crippen LogP contribution in [-0.4, -0.2) is 29.8 Å².